The van der Waals surface area contributed by atoms with Crippen molar-refractivity contribution in [1.29, 1.82) is 0 Å². The van der Waals surface area contributed by atoms with Crippen LogP contribution in [0.2, 0.25) is 0 Å². The molecule has 0 spiro atoms. The van der Waals surface area contributed by atoms with Crippen LogP contribution in [0.4, 0.5) is 0 Å². The number of hydrogen-bond acceptors (Lipinski definition) is 2. The number of benzene rings is 1. The molecule has 2 rings (SSSR count). The molecule has 74 valence electrons. The van der Waals surface area contributed by atoms with Crippen LogP contribution in [0.15, 0.2) is 24.3 Å². The molecule has 0 saturated carbocycles. The Morgan fingerprint density at radius 3 is 2.86 bits per heavy atom. The van der Waals surface area contributed by atoms with Gasteiger partial charge in [-0.2, -0.15) is 0 Å². The first-order valence-electron chi connectivity index (χ1n) is 4.48. The molecule has 3 nitrogen and oxygen atoms in total. The molecule has 0 aromatic heterocycles. The first-order valence-corrected chi connectivity index (χ1v) is 5.60. The Hall–Kier alpha value is -0.870. The van der Waals surface area contributed by atoms with E-state index in [4.69, 9.17) is 0 Å². The van der Waals surface area contributed by atoms with Gasteiger partial charge in [0, 0.05) is 5.33 Å². The minimum Gasteiger partial charge on any atom is -0.342 e. The van der Waals surface area contributed by atoms with Gasteiger partial charge < -0.3 is 5.32 Å². The van der Waals surface area contributed by atoms with Crippen molar-refractivity contribution in [2.24, 2.45) is 0 Å². The van der Waals surface area contributed by atoms with Crippen molar-refractivity contribution in [3.63, 3.8) is 0 Å². The number of amides is 1. The highest BCUT2D eigenvalue weighted by atomic mass is 79.9. The maximum atomic E-state index is 11.5. The molecule has 1 aromatic carbocycles. The Morgan fingerprint density at radius 2 is 2.21 bits per heavy atom. The third kappa shape index (κ3) is 1.67. The first-order chi connectivity index (χ1) is 6.83. The van der Waals surface area contributed by atoms with Crippen LogP contribution < -0.4 is 10.6 Å². The lowest BCUT2D eigenvalue weighted by atomic mass is 10.0. The Bertz CT molecular complexity index is 354. The third-order valence-corrected chi connectivity index (χ3v) is 2.95. The largest absolute Gasteiger partial charge is 0.342 e. The molecule has 1 aliphatic rings. The fraction of sp³-hybridized carbons (Fsp3) is 0.300. The topological polar surface area (TPSA) is 41.1 Å². The number of alkyl halides is 1. The van der Waals surface area contributed by atoms with Crippen LogP contribution in [0.25, 0.3) is 0 Å². The van der Waals surface area contributed by atoms with E-state index in [0.717, 1.165) is 16.5 Å². The Kier molecular flexibility index (Phi) is 2.84. The van der Waals surface area contributed by atoms with Crippen LogP contribution in [-0.4, -0.2) is 12.6 Å². The van der Waals surface area contributed by atoms with E-state index >= 15 is 0 Å². The summed E-state index contributed by atoms with van der Waals surface area (Å²) in [4.78, 5) is 11.5. The number of rotatable bonds is 2. The van der Waals surface area contributed by atoms with Gasteiger partial charge in [0.25, 0.3) is 0 Å². The molecule has 1 aromatic rings. The number of hydrogen-bond donors (Lipinski definition) is 2. The first kappa shape index (κ1) is 9.68. The average Bonchev–Trinajstić information content (AvgIpc) is 2.64. The van der Waals surface area contributed by atoms with Gasteiger partial charge in [-0.15, -0.1) is 0 Å². The second kappa shape index (κ2) is 4.11. The van der Waals surface area contributed by atoms with Crippen molar-refractivity contribution in [3.8, 4) is 0 Å². The Labute approximate surface area is 91.0 Å². The van der Waals surface area contributed by atoms with Gasteiger partial charge in [-0.25, -0.2) is 0 Å². The lowest BCUT2D eigenvalue weighted by Crippen LogP contribution is -2.20. The van der Waals surface area contributed by atoms with Crippen LogP contribution in [-0.2, 0) is 10.1 Å². The number of carbonyl (C=O) groups is 1. The predicted octanol–water partition coefficient (Wildman–Crippen LogP) is 1.30. The lowest BCUT2D eigenvalue weighted by Gasteiger charge is -2.11. The minimum atomic E-state index is -0.191. The van der Waals surface area contributed by atoms with Crippen LogP contribution in [0.1, 0.15) is 17.2 Å². The zero-order chi connectivity index (χ0) is 9.97. The molecule has 2 N–H and O–H groups in total. The summed E-state index contributed by atoms with van der Waals surface area (Å²) >= 11 is 3.42. The van der Waals surface area contributed by atoms with E-state index in [9.17, 15) is 4.79 Å². The van der Waals surface area contributed by atoms with E-state index in [1.54, 1.807) is 0 Å². The van der Waals surface area contributed by atoms with Crippen LogP contribution >= 0.6 is 15.9 Å². The van der Waals surface area contributed by atoms with E-state index in [1.807, 2.05) is 24.3 Å². The van der Waals surface area contributed by atoms with E-state index in [2.05, 4.69) is 26.6 Å². The standard InChI is InChI=1S/C10H11BrN2O/c11-5-7-3-1-2-4-8(7)9-10(14)13-6-12-9/h1-4,9,12H,5-6H2,(H,13,14). The Balaban J connectivity index is 2.35. The molecule has 1 saturated heterocycles. The van der Waals surface area contributed by atoms with Crippen LogP contribution in [0, 0.1) is 0 Å². The fourth-order valence-corrected chi connectivity index (χ4v) is 2.13. The zero-order valence-electron chi connectivity index (χ0n) is 7.59. The lowest BCUT2D eigenvalue weighted by molar-refractivity contribution is -0.120. The highest BCUT2D eigenvalue weighted by Gasteiger charge is 2.26. The van der Waals surface area contributed by atoms with Gasteiger partial charge in [-0.3, -0.25) is 10.1 Å². The molecule has 14 heavy (non-hydrogen) atoms. The fourth-order valence-electron chi connectivity index (χ4n) is 1.62. The van der Waals surface area contributed by atoms with E-state index in [1.165, 1.54) is 0 Å². The highest BCUT2D eigenvalue weighted by molar-refractivity contribution is 9.08. The molecule has 0 radical (unpaired) electrons. The molecule has 1 aliphatic heterocycles. The molecule has 1 heterocycles. The second-order valence-electron chi connectivity index (χ2n) is 3.19. The molecule has 1 unspecified atom stereocenters. The summed E-state index contributed by atoms with van der Waals surface area (Å²) in [7, 11) is 0. The van der Waals surface area contributed by atoms with Gasteiger partial charge in [-0.1, -0.05) is 40.2 Å². The zero-order valence-corrected chi connectivity index (χ0v) is 9.17. The smallest absolute Gasteiger partial charge is 0.242 e. The highest BCUT2D eigenvalue weighted by Crippen LogP contribution is 2.21. The molecule has 4 heteroatoms. The molecule has 1 fully saturated rings. The van der Waals surface area contributed by atoms with Crippen molar-refractivity contribution in [2.45, 2.75) is 11.4 Å². The van der Waals surface area contributed by atoms with E-state index < -0.39 is 0 Å². The maximum absolute atomic E-state index is 11.5. The molecule has 0 aliphatic carbocycles. The molecule has 1 atom stereocenters. The summed E-state index contributed by atoms with van der Waals surface area (Å²) in [5.41, 5.74) is 2.21. The van der Waals surface area contributed by atoms with Crippen LogP contribution in [0.5, 0.6) is 0 Å². The van der Waals surface area contributed by atoms with Gasteiger partial charge >= 0.3 is 0 Å². The maximum Gasteiger partial charge on any atom is 0.242 e. The molecular weight excluding hydrogens is 244 g/mol. The second-order valence-corrected chi connectivity index (χ2v) is 3.75. The number of nitrogens with one attached hydrogen (secondary N) is 2. The molecular formula is C10H11BrN2O. The van der Waals surface area contributed by atoms with Crippen molar-refractivity contribution >= 4 is 21.8 Å². The summed E-state index contributed by atoms with van der Waals surface area (Å²) in [5.74, 6) is 0.0541. The van der Waals surface area contributed by atoms with Gasteiger partial charge in [0.15, 0.2) is 0 Å². The van der Waals surface area contributed by atoms with Crippen molar-refractivity contribution in [3.05, 3.63) is 35.4 Å². The van der Waals surface area contributed by atoms with Gasteiger partial charge in [0.05, 0.1) is 6.67 Å². The van der Waals surface area contributed by atoms with Gasteiger partial charge in [-0.05, 0) is 11.1 Å². The van der Waals surface area contributed by atoms with Crippen LogP contribution in [0.3, 0.4) is 0 Å². The minimum absolute atomic E-state index is 0.0541. The number of carbonyl (C=O) groups excluding carboxylic acids is 1. The number of halogens is 1. The predicted molar refractivity (Wildman–Crippen MR) is 58.0 cm³/mol. The van der Waals surface area contributed by atoms with Crippen molar-refractivity contribution in [2.75, 3.05) is 6.67 Å². The monoisotopic (exact) mass is 254 g/mol. The summed E-state index contributed by atoms with van der Waals surface area (Å²) in [5, 5.41) is 6.64. The van der Waals surface area contributed by atoms with Gasteiger partial charge in [0.2, 0.25) is 5.91 Å². The summed E-state index contributed by atoms with van der Waals surface area (Å²) in [6, 6.07) is 7.75. The normalized spacial score (nSPS) is 20.9. The van der Waals surface area contributed by atoms with Crippen molar-refractivity contribution in [1.82, 2.24) is 10.6 Å². The SMILES string of the molecule is O=C1NCNC1c1ccccc1CBr. The molecule has 0 bridgehead atoms. The molecule has 1 amide bonds. The van der Waals surface area contributed by atoms with Gasteiger partial charge in [0.1, 0.15) is 6.04 Å². The van der Waals surface area contributed by atoms with E-state index in [-0.39, 0.29) is 11.9 Å². The Morgan fingerprint density at radius 1 is 1.43 bits per heavy atom. The quantitative estimate of drug-likeness (QED) is 0.782. The third-order valence-electron chi connectivity index (χ3n) is 2.34. The summed E-state index contributed by atoms with van der Waals surface area (Å²) in [6.45, 7) is 0.556. The average molecular weight is 255 g/mol. The van der Waals surface area contributed by atoms with Crippen molar-refractivity contribution < 1.29 is 4.79 Å². The summed E-state index contributed by atoms with van der Waals surface area (Å²) < 4.78 is 0. The van der Waals surface area contributed by atoms with E-state index in [0.29, 0.717) is 6.67 Å². The summed E-state index contributed by atoms with van der Waals surface area (Å²) in [6.07, 6.45) is 0.